The summed E-state index contributed by atoms with van der Waals surface area (Å²) >= 11 is 4.91. The van der Waals surface area contributed by atoms with E-state index in [0.29, 0.717) is 19.4 Å². The van der Waals surface area contributed by atoms with Gasteiger partial charge in [-0.3, -0.25) is 0 Å². The van der Waals surface area contributed by atoms with Crippen LogP contribution in [0.5, 0.6) is 0 Å². The number of nitrogens with two attached hydrogens (primary N) is 1. The van der Waals surface area contributed by atoms with Crippen LogP contribution in [0.4, 0.5) is 4.39 Å². The van der Waals surface area contributed by atoms with Crippen molar-refractivity contribution in [1.82, 2.24) is 0 Å². The summed E-state index contributed by atoms with van der Waals surface area (Å²) in [5.74, 6) is 0. The SMILES string of the molecule is NCCC(F)Cc1ccc(Br)s1. The standard InChI is InChI=1S/C8H11BrFNS/c9-8-2-1-7(12-8)5-6(10)3-4-11/h1-2,6H,3-5,11H2. The normalized spacial score (nSPS) is 13.2. The number of rotatable bonds is 4. The van der Waals surface area contributed by atoms with Crippen LogP contribution < -0.4 is 5.73 Å². The molecule has 12 heavy (non-hydrogen) atoms. The molecule has 0 spiro atoms. The lowest BCUT2D eigenvalue weighted by Crippen LogP contribution is -2.10. The van der Waals surface area contributed by atoms with E-state index in [4.69, 9.17) is 5.73 Å². The molecule has 1 aromatic rings. The smallest absolute Gasteiger partial charge is 0.106 e. The summed E-state index contributed by atoms with van der Waals surface area (Å²) in [4.78, 5) is 1.07. The van der Waals surface area contributed by atoms with Crippen molar-refractivity contribution in [3.05, 3.63) is 20.8 Å². The Bertz CT molecular complexity index is 239. The third-order valence-corrected chi connectivity index (χ3v) is 3.18. The number of hydrogen-bond donors (Lipinski definition) is 1. The summed E-state index contributed by atoms with van der Waals surface area (Å²) in [6.07, 6.45) is 0.156. The van der Waals surface area contributed by atoms with Gasteiger partial charge in [0.25, 0.3) is 0 Å². The van der Waals surface area contributed by atoms with Crippen LogP contribution in [0, 0.1) is 0 Å². The summed E-state index contributed by atoms with van der Waals surface area (Å²) in [7, 11) is 0. The molecule has 0 aliphatic heterocycles. The second-order valence-corrected chi connectivity index (χ2v) is 5.13. The summed E-state index contributed by atoms with van der Waals surface area (Å²) in [6.45, 7) is 0.424. The molecule has 0 saturated heterocycles. The molecule has 4 heteroatoms. The van der Waals surface area contributed by atoms with Gasteiger partial charge >= 0.3 is 0 Å². The molecule has 0 amide bonds. The van der Waals surface area contributed by atoms with E-state index >= 15 is 0 Å². The first-order valence-corrected chi connectivity index (χ1v) is 5.41. The Morgan fingerprint density at radius 1 is 1.58 bits per heavy atom. The van der Waals surface area contributed by atoms with E-state index in [1.165, 1.54) is 0 Å². The highest BCUT2D eigenvalue weighted by Crippen LogP contribution is 2.24. The number of halogens is 2. The zero-order chi connectivity index (χ0) is 8.97. The topological polar surface area (TPSA) is 26.0 Å². The molecule has 0 aliphatic carbocycles. The summed E-state index contributed by atoms with van der Waals surface area (Å²) in [5.41, 5.74) is 5.24. The zero-order valence-corrected chi connectivity index (χ0v) is 9.00. The minimum absolute atomic E-state index is 0.424. The maximum Gasteiger partial charge on any atom is 0.106 e. The lowest BCUT2D eigenvalue weighted by atomic mass is 10.2. The first-order valence-electron chi connectivity index (χ1n) is 3.80. The Morgan fingerprint density at radius 3 is 2.83 bits per heavy atom. The molecular weight excluding hydrogens is 241 g/mol. The molecule has 1 aromatic heterocycles. The largest absolute Gasteiger partial charge is 0.330 e. The molecule has 2 N–H and O–H groups in total. The lowest BCUT2D eigenvalue weighted by molar-refractivity contribution is 0.318. The highest BCUT2D eigenvalue weighted by Gasteiger charge is 2.07. The lowest BCUT2D eigenvalue weighted by Gasteiger charge is -2.03. The Hall–Kier alpha value is 0.0700. The predicted octanol–water partition coefficient (Wildman–Crippen LogP) is 2.74. The van der Waals surface area contributed by atoms with Crippen LogP contribution in [0.1, 0.15) is 11.3 Å². The highest BCUT2D eigenvalue weighted by molar-refractivity contribution is 9.11. The Labute approximate surface area is 83.9 Å². The minimum Gasteiger partial charge on any atom is -0.330 e. The highest BCUT2D eigenvalue weighted by atomic mass is 79.9. The molecule has 0 saturated carbocycles. The van der Waals surface area contributed by atoms with Gasteiger partial charge in [-0.05, 0) is 41.0 Å². The van der Waals surface area contributed by atoms with E-state index in [2.05, 4.69) is 15.9 Å². The molecule has 0 bridgehead atoms. The Kier molecular flexibility index (Phi) is 4.18. The average molecular weight is 252 g/mol. The van der Waals surface area contributed by atoms with Crippen LogP contribution in [-0.4, -0.2) is 12.7 Å². The molecule has 0 aliphatic rings. The summed E-state index contributed by atoms with van der Waals surface area (Å²) in [5, 5.41) is 0. The number of alkyl halides is 1. The maximum atomic E-state index is 13.0. The van der Waals surface area contributed by atoms with Gasteiger partial charge in [0.2, 0.25) is 0 Å². The molecule has 1 unspecified atom stereocenters. The van der Waals surface area contributed by atoms with E-state index in [-0.39, 0.29) is 0 Å². The van der Waals surface area contributed by atoms with Gasteiger partial charge in [-0.2, -0.15) is 0 Å². The molecule has 68 valence electrons. The zero-order valence-electron chi connectivity index (χ0n) is 6.59. The van der Waals surface area contributed by atoms with Crippen molar-refractivity contribution < 1.29 is 4.39 Å². The van der Waals surface area contributed by atoms with E-state index in [1.807, 2.05) is 12.1 Å². The van der Waals surface area contributed by atoms with Gasteiger partial charge in [0.05, 0.1) is 3.79 Å². The van der Waals surface area contributed by atoms with Crippen LogP contribution in [0.15, 0.2) is 15.9 Å². The van der Waals surface area contributed by atoms with E-state index < -0.39 is 6.17 Å². The second-order valence-electron chi connectivity index (χ2n) is 2.58. The van der Waals surface area contributed by atoms with E-state index in [0.717, 1.165) is 8.66 Å². The molecule has 1 rings (SSSR count). The van der Waals surface area contributed by atoms with Crippen molar-refractivity contribution in [3.63, 3.8) is 0 Å². The van der Waals surface area contributed by atoms with Crippen molar-refractivity contribution >= 4 is 27.3 Å². The van der Waals surface area contributed by atoms with Gasteiger partial charge in [0.1, 0.15) is 6.17 Å². The maximum absolute atomic E-state index is 13.0. The first-order chi connectivity index (χ1) is 5.72. The van der Waals surface area contributed by atoms with Gasteiger partial charge in [0.15, 0.2) is 0 Å². The van der Waals surface area contributed by atoms with Crippen LogP contribution in [-0.2, 0) is 6.42 Å². The third-order valence-electron chi connectivity index (χ3n) is 1.53. The van der Waals surface area contributed by atoms with Crippen LogP contribution in [0.2, 0.25) is 0 Å². The molecule has 0 radical (unpaired) electrons. The predicted molar refractivity (Wildman–Crippen MR) is 54.3 cm³/mol. The average Bonchev–Trinajstić information content (AvgIpc) is 2.36. The van der Waals surface area contributed by atoms with Gasteiger partial charge in [0, 0.05) is 11.3 Å². The minimum atomic E-state index is -0.791. The van der Waals surface area contributed by atoms with Gasteiger partial charge < -0.3 is 5.73 Å². The van der Waals surface area contributed by atoms with Crippen molar-refractivity contribution in [2.24, 2.45) is 5.73 Å². The fourth-order valence-electron chi connectivity index (χ4n) is 0.963. The number of thiophene rings is 1. The summed E-state index contributed by atoms with van der Waals surface area (Å²) < 4.78 is 14.1. The van der Waals surface area contributed by atoms with Crippen LogP contribution in [0.3, 0.4) is 0 Å². The van der Waals surface area contributed by atoms with E-state index in [9.17, 15) is 4.39 Å². The fraction of sp³-hybridized carbons (Fsp3) is 0.500. The molecular formula is C8H11BrFNS. The van der Waals surface area contributed by atoms with Gasteiger partial charge in [-0.15, -0.1) is 11.3 Å². The molecule has 0 fully saturated rings. The molecule has 0 aromatic carbocycles. The van der Waals surface area contributed by atoms with E-state index in [1.54, 1.807) is 11.3 Å². The van der Waals surface area contributed by atoms with Crippen molar-refractivity contribution in [1.29, 1.82) is 0 Å². The third kappa shape index (κ3) is 3.21. The number of hydrogen-bond acceptors (Lipinski definition) is 2. The summed E-state index contributed by atoms with van der Waals surface area (Å²) in [6, 6.07) is 3.88. The first kappa shape index (κ1) is 10.2. The monoisotopic (exact) mass is 251 g/mol. The van der Waals surface area contributed by atoms with Gasteiger partial charge in [-0.1, -0.05) is 0 Å². The van der Waals surface area contributed by atoms with Crippen LogP contribution in [0.25, 0.3) is 0 Å². The van der Waals surface area contributed by atoms with Crippen LogP contribution >= 0.6 is 27.3 Å². The Balaban J connectivity index is 2.41. The molecule has 1 nitrogen and oxygen atoms in total. The quantitative estimate of drug-likeness (QED) is 0.876. The second kappa shape index (κ2) is 4.94. The van der Waals surface area contributed by atoms with Crippen molar-refractivity contribution in [2.75, 3.05) is 6.54 Å². The fourth-order valence-corrected chi connectivity index (χ4v) is 2.51. The van der Waals surface area contributed by atoms with Gasteiger partial charge in [-0.25, -0.2) is 4.39 Å². The van der Waals surface area contributed by atoms with Crippen molar-refractivity contribution in [2.45, 2.75) is 19.0 Å². The van der Waals surface area contributed by atoms with Crippen molar-refractivity contribution in [3.8, 4) is 0 Å². The Morgan fingerprint density at radius 2 is 2.33 bits per heavy atom. The molecule has 1 atom stereocenters. The molecule has 1 heterocycles.